The largest absolute Gasteiger partial charge is 0.345 e. The highest BCUT2D eigenvalue weighted by Crippen LogP contribution is 2.11. The third-order valence-corrected chi connectivity index (χ3v) is 6.01. The molecule has 0 aliphatic rings. The molecular formula is C21H22N4O4S. The van der Waals surface area contributed by atoms with E-state index in [0.29, 0.717) is 28.8 Å². The number of sulfonamides is 1. The van der Waals surface area contributed by atoms with Gasteiger partial charge < -0.3 is 5.32 Å². The van der Waals surface area contributed by atoms with Crippen molar-refractivity contribution in [1.29, 1.82) is 0 Å². The smallest absolute Gasteiger partial charge is 0.261 e. The summed E-state index contributed by atoms with van der Waals surface area (Å²) in [6.07, 6.45) is 2.92. The predicted molar refractivity (Wildman–Crippen MR) is 115 cm³/mol. The fourth-order valence-corrected chi connectivity index (χ4v) is 3.89. The molecule has 0 radical (unpaired) electrons. The van der Waals surface area contributed by atoms with Gasteiger partial charge in [-0.1, -0.05) is 31.2 Å². The topological polar surface area (TPSA) is 110 Å². The number of hydrogen-bond donors (Lipinski definition) is 2. The van der Waals surface area contributed by atoms with Crippen molar-refractivity contribution < 1.29 is 13.2 Å². The Hall–Kier alpha value is -3.30. The van der Waals surface area contributed by atoms with Crippen LogP contribution < -0.4 is 15.6 Å². The average molecular weight is 426 g/mol. The summed E-state index contributed by atoms with van der Waals surface area (Å²) in [4.78, 5) is 29.1. The quantitative estimate of drug-likeness (QED) is 0.557. The minimum Gasteiger partial charge on any atom is -0.345 e. The van der Waals surface area contributed by atoms with E-state index in [9.17, 15) is 18.0 Å². The highest BCUT2D eigenvalue weighted by molar-refractivity contribution is 7.89. The number of hydrogen-bond acceptors (Lipinski definition) is 5. The highest BCUT2D eigenvalue weighted by Gasteiger charge is 2.11. The zero-order chi connectivity index (χ0) is 21.7. The van der Waals surface area contributed by atoms with Gasteiger partial charge in [0, 0.05) is 19.7 Å². The first-order chi connectivity index (χ1) is 14.3. The van der Waals surface area contributed by atoms with E-state index >= 15 is 0 Å². The van der Waals surface area contributed by atoms with Crippen LogP contribution in [0, 0.1) is 0 Å². The molecule has 30 heavy (non-hydrogen) atoms. The zero-order valence-corrected chi connectivity index (χ0v) is 17.4. The molecule has 1 amide bonds. The lowest BCUT2D eigenvalue weighted by Crippen LogP contribution is -2.28. The normalized spacial score (nSPS) is 11.8. The summed E-state index contributed by atoms with van der Waals surface area (Å²) in [5, 5.41) is 3.22. The first kappa shape index (κ1) is 21.4. The summed E-state index contributed by atoms with van der Waals surface area (Å²) in [7, 11) is -1.90. The molecule has 2 aromatic carbocycles. The number of rotatable bonds is 7. The predicted octanol–water partition coefficient (Wildman–Crippen LogP) is 1.56. The van der Waals surface area contributed by atoms with E-state index in [2.05, 4.69) is 15.0 Å². The maximum atomic E-state index is 12.4. The molecule has 0 fully saturated rings. The Labute approximate surface area is 174 Å². The van der Waals surface area contributed by atoms with Crippen LogP contribution in [-0.4, -0.2) is 30.4 Å². The Bertz CT molecular complexity index is 1260. The number of carbonyl (C=O) groups excluding carboxylic acids is 1. The summed E-state index contributed by atoms with van der Waals surface area (Å²) < 4.78 is 27.7. The second-order valence-corrected chi connectivity index (χ2v) is 8.30. The van der Waals surface area contributed by atoms with Crippen LogP contribution in [0.3, 0.4) is 0 Å². The molecule has 1 heterocycles. The van der Waals surface area contributed by atoms with Gasteiger partial charge in [0.05, 0.1) is 22.3 Å². The van der Waals surface area contributed by atoms with Crippen molar-refractivity contribution in [2.24, 2.45) is 7.05 Å². The molecule has 0 atom stereocenters. The van der Waals surface area contributed by atoms with Crippen LogP contribution in [0.2, 0.25) is 0 Å². The molecule has 0 saturated carbocycles. The molecule has 0 saturated heterocycles. The standard InChI is InChI=1S/C21H22N4O4S/c1-3-23-30(28,29)16-11-8-15(9-12-16)10-13-20(26)22-14-19-24-18-7-5-4-6-17(18)21(27)25(19)2/h4-13,23H,3,14H2,1-2H3,(H,22,26). The van der Waals surface area contributed by atoms with E-state index in [1.54, 1.807) is 56.4 Å². The molecule has 2 N–H and O–H groups in total. The number of benzene rings is 2. The Morgan fingerprint density at radius 3 is 2.53 bits per heavy atom. The van der Waals surface area contributed by atoms with Gasteiger partial charge in [-0.15, -0.1) is 0 Å². The van der Waals surface area contributed by atoms with Crippen LogP contribution in [0.4, 0.5) is 0 Å². The molecule has 0 aliphatic heterocycles. The van der Waals surface area contributed by atoms with Crippen molar-refractivity contribution in [3.05, 3.63) is 76.3 Å². The van der Waals surface area contributed by atoms with Gasteiger partial charge in [-0.05, 0) is 35.9 Å². The van der Waals surface area contributed by atoms with E-state index in [1.807, 2.05) is 0 Å². The van der Waals surface area contributed by atoms with Crippen LogP contribution in [-0.2, 0) is 28.4 Å². The Morgan fingerprint density at radius 2 is 1.83 bits per heavy atom. The van der Waals surface area contributed by atoms with Gasteiger partial charge in [-0.25, -0.2) is 18.1 Å². The zero-order valence-electron chi connectivity index (χ0n) is 16.6. The van der Waals surface area contributed by atoms with Crippen LogP contribution >= 0.6 is 0 Å². The first-order valence-corrected chi connectivity index (χ1v) is 10.8. The van der Waals surface area contributed by atoms with Gasteiger partial charge in [0.2, 0.25) is 15.9 Å². The molecule has 0 aliphatic carbocycles. The Kier molecular flexibility index (Phi) is 6.43. The van der Waals surface area contributed by atoms with Gasteiger partial charge in [-0.2, -0.15) is 0 Å². The van der Waals surface area contributed by atoms with E-state index < -0.39 is 10.0 Å². The summed E-state index contributed by atoms with van der Waals surface area (Å²) in [5.74, 6) is 0.0835. The highest BCUT2D eigenvalue weighted by atomic mass is 32.2. The minimum absolute atomic E-state index is 0.0968. The van der Waals surface area contributed by atoms with Crippen molar-refractivity contribution in [2.45, 2.75) is 18.4 Å². The number of nitrogens with zero attached hydrogens (tertiary/aromatic N) is 2. The molecule has 156 valence electrons. The van der Waals surface area contributed by atoms with E-state index in [4.69, 9.17) is 0 Å². The third-order valence-electron chi connectivity index (χ3n) is 4.45. The molecule has 1 aromatic heterocycles. The maximum absolute atomic E-state index is 12.4. The third kappa shape index (κ3) is 4.81. The second kappa shape index (κ2) is 9.02. The SMILES string of the molecule is CCNS(=O)(=O)c1ccc(C=CC(=O)NCc2nc3ccccc3c(=O)n2C)cc1. The fraction of sp³-hybridized carbons (Fsp3) is 0.190. The van der Waals surface area contributed by atoms with Crippen molar-refractivity contribution >= 4 is 32.9 Å². The van der Waals surface area contributed by atoms with E-state index in [1.165, 1.54) is 22.8 Å². The molecule has 9 heteroatoms. The molecule has 3 rings (SSSR count). The number of carbonyl (C=O) groups is 1. The lowest BCUT2D eigenvalue weighted by Gasteiger charge is -2.09. The monoisotopic (exact) mass is 426 g/mol. The maximum Gasteiger partial charge on any atom is 0.261 e. The molecule has 0 unspecified atom stereocenters. The van der Waals surface area contributed by atoms with Gasteiger partial charge in [0.1, 0.15) is 5.82 Å². The Morgan fingerprint density at radius 1 is 1.13 bits per heavy atom. The van der Waals surface area contributed by atoms with Gasteiger partial charge in [0.15, 0.2) is 0 Å². The first-order valence-electron chi connectivity index (χ1n) is 9.32. The summed E-state index contributed by atoms with van der Waals surface area (Å²) in [5.41, 5.74) is 1.08. The van der Waals surface area contributed by atoms with Crippen molar-refractivity contribution in [1.82, 2.24) is 19.6 Å². The fourth-order valence-electron chi connectivity index (χ4n) is 2.85. The van der Waals surface area contributed by atoms with E-state index in [0.717, 1.165) is 0 Å². The molecule has 8 nitrogen and oxygen atoms in total. The molecule has 0 bridgehead atoms. The van der Waals surface area contributed by atoms with Crippen LogP contribution in [0.5, 0.6) is 0 Å². The van der Waals surface area contributed by atoms with Crippen molar-refractivity contribution in [2.75, 3.05) is 6.54 Å². The molecular weight excluding hydrogens is 404 g/mol. The summed E-state index contributed by atoms with van der Waals surface area (Å²) >= 11 is 0. The lowest BCUT2D eigenvalue weighted by molar-refractivity contribution is -0.116. The molecule has 0 spiro atoms. The number of amides is 1. The van der Waals surface area contributed by atoms with Gasteiger partial charge in [-0.3, -0.25) is 14.2 Å². The molecule has 3 aromatic rings. The number of fused-ring (bicyclic) bond motifs is 1. The van der Waals surface area contributed by atoms with Crippen LogP contribution in [0.25, 0.3) is 17.0 Å². The van der Waals surface area contributed by atoms with Crippen molar-refractivity contribution in [3.63, 3.8) is 0 Å². The lowest BCUT2D eigenvalue weighted by atomic mass is 10.2. The Balaban J connectivity index is 1.66. The number of para-hydroxylation sites is 1. The minimum atomic E-state index is -3.51. The number of aromatic nitrogens is 2. The van der Waals surface area contributed by atoms with Crippen molar-refractivity contribution in [3.8, 4) is 0 Å². The average Bonchev–Trinajstić information content (AvgIpc) is 2.74. The van der Waals surface area contributed by atoms with Crippen LogP contribution in [0.15, 0.2) is 64.3 Å². The van der Waals surface area contributed by atoms with Gasteiger partial charge in [0.25, 0.3) is 5.56 Å². The summed E-state index contributed by atoms with van der Waals surface area (Å²) in [6, 6.07) is 13.2. The second-order valence-electron chi connectivity index (χ2n) is 6.53. The van der Waals surface area contributed by atoms with Gasteiger partial charge >= 0.3 is 0 Å². The van der Waals surface area contributed by atoms with Crippen LogP contribution in [0.1, 0.15) is 18.3 Å². The summed E-state index contributed by atoms with van der Waals surface area (Å²) in [6.45, 7) is 2.11. The van der Waals surface area contributed by atoms with E-state index in [-0.39, 0.29) is 22.9 Å². The number of nitrogens with one attached hydrogen (secondary N) is 2.